The van der Waals surface area contributed by atoms with Crippen molar-refractivity contribution < 1.29 is 9.18 Å². The van der Waals surface area contributed by atoms with Crippen molar-refractivity contribution in [2.75, 3.05) is 40.3 Å². The van der Waals surface area contributed by atoms with Gasteiger partial charge in [0.2, 0.25) is 5.91 Å². The van der Waals surface area contributed by atoms with E-state index in [9.17, 15) is 9.18 Å². The first kappa shape index (κ1) is 16.6. The van der Waals surface area contributed by atoms with Gasteiger partial charge in [0.05, 0.1) is 0 Å². The van der Waals surface area contributed by atoms with Gasteiger partial charge in [0.25, 0.3) is 0 Å². The highest BCUT2D eigenvalue weighted by atomic mass is 19.1. The van der Waals surface area contributed by atoms with Crippen LogP contribution in [0.4, 0.5) is 4.39 Å². The van der Waals surface area contributed by atoms with E-state index in [2.05, 4.69) is 10.6 Å². The summed E-state index contributed by atoms with van der Waals surface area (Å²) < 4.78 is 13.3. The van der Waals surface area contributed by atoms with Gasteiger partial charge in [-0.2, -0.15) is 0 Å². The first-order chi connectivity index (χ1) is 9.59. The van der Waals surface area contributed by atoms with Crippen molar-refractivity contribution in [3.63, 3.8) is 0 Å². The van der Waals surface area contributed by atoms with Crippen molar-refractivity contribution in [1.29, 1.82) is 0 Å². The van der Waals surface area contributed by atoms with Gasteiger partial charge in [-0.05, 0) is 38.7 Å². The average Bonchev–Trinajstić information content (AvgIpc) is 2.40. The zero-order valence-electron chi connectivity index (χ0n) is 12.3. The predicted molar refractivity (Wildman–Crippen MR) is 79.2 cm³/mol. The largest absolute Gasteiger partial charge is 0.355 e. The monoisotopic (exact) mass is 281 g/mol. The highest BCUT2D eigenvalue weighted by Crippen LogP contribution is 2.05. The first-order valence-corrected chi connectivity index (χ1v) is 6.95. The van der Waals surface area contributed by atoms with Gasteiger partial charge in [0, 0.05) is 26.1 Å². The second-order valence-electron chi connectivity index (χ2n) is 4.99. The number of carbonyl (C=O) groups is 1. The summed E-state index contributed by atoms with van der Waals surface area (Å²) in [5.41, 5.74) is 0.704. The van der Waals surface area contributed by atoms with Crippen LogP contribution in [0.1, 0.15) is 12.0 Å². The number of hydrogen-bond donors (Lipinski definition) is 2. The highest BCUT2D eigenvalue weighted by Gasteiger charge is 2.02. The van der Waals surface area contributed by atoms with Crippen LogP contribution in [-0.4, -0.2) is 51.1 Å². The number of nitrogens with zero attached hydrogens (tertiary/aromatic N) is 1. The molecule has 0 aromatic heterocycles. The molecule has 2 N–H and O–H groups in total. The molecule has 5 heteroatoms. The number of likely N-dealkylation sites (N-methyl/N-ethyl adjacent to an activating group) is 1. The molecule has 0 bridgehead atoms. The van der Waals surface area contributed by atoms with Gasteiger partial charge in [0.15, 0.2) is 0 Å². The molecule has 1 rings (SSSR count). The summed E-state index contributed by atoms with van der Waals surface area (Å²) in [6, 6.07) is 6.76. The molecule has 0 saturated carbocycles. The number of carbonyl (C=O) groups excluding carboxylic acids is 1. The summed E-state index contributed by atoms with van der Waals surface area (Å²) in [5, 5.41) is 6.00. The molecular weight excluding hydrogens is 257 g/mol. The second-order valence-corrected chi connectivity index (χ2v) is 4.99. The van der Waals surface area contributed by atoms with Gasteiger partial charge in [-0.25, -0.2) is 4.39 Å². The van der Waals surface area contributed by atoms with Crippen LogP contribution in [0.25, 0.3) is 0 Å². The molecule has 20 heavy (non-hydrogen) atoms. The molecule has 0 aliphatic rings. The van der Waals surface area contributed by atoms with Crippen LogP contribution in [0.3, 0.4) is 0 Å². The molecule has 1 aromatic rings. The second kappa shape index (κ2) is 9.44. The van der Waals surface area contributed by atoms with Crippen LogP contribution in [0.5, 0.6) is 0 Å². The number of hydrogen-bond acceptors (Lipinski definition) is 3. The number of halogens is 1. The van der Waals surface area contributed by atoms with Gasteiger partial charge in [-0.1, -0.05) is 18.2 Å². The third-order valence-electron chi connectivity index (χ3n) is 2.94. The van der Waals surface area contributed by atoms with Crippen LogP contribution in [0.2, 0.25) is 0 Å². The lowest BCUT2D eigenvalue weighted by atomic mass is 10.1. The van der Waals surface area contributed by atoms with Crippen LogP contribution in [0, 0.1) is 5.82 Å². The Labute approximate surface area is 120 Å². The zero-order valence-corrected chi connectivity index (χ0v) is 12.3. The van der Waals surface area contributed by atoms with Crippen molar-refractivity contribution in [3.05, 3.63) is 35.6 Å². The average molecular weight is 281 g/mol. The molecule has 112 valence electrons. The SMILES string of the molecule is CN(C)CCNC(=O)CCNCCc1ccccc1F. The van der Waals surface area contributed by atoms with E-state index in [1.165, 1.54) is 6.07 Å². The molecule has 0 aliphatic heterocycles. The Bertz CT molecular complexity index is 410. The normalized spacial score (nSPS) is 10.8. The number of nitrogens with one attached hydrogen (secondary N) is 2. The van der Waals surface area contributed by atoms with Crippen molar-refractivity contribution in [2.45, 2.75) is 12.8 Å². The first-order valence-electron chi connectivity index (χ1n) is 6.95. The molecule has 1 aromatic carbocycles. The summed E-state index contributed by atoms with van der Waals surface area (Å²) in [6.45, 7) is 2.79. The molecule has 0 aliphatic carbocycles. The number of amides is 1. The molecule has 0 fully saturated rings. The minimum atomic E-state index is -0.171. The van der Waals surface area contributed by atoms with Gasteiger partial charge in [0.1, 0.15) is 5.82 Å². The maximum Gasteiger partial charge on any atom is 0.221 e. The summed E-state index contributed by atoms with van der Waals surface area (Å²) in [5.74, 6) is -0.124. The Balaban J connectivity index is 2.04. The molecule has 0 atom stereocenters. The lowest BCUT2D eigenvalue weighted by Crippen LogP contribution is -2.33. The fraction of sp³-hybridized carbons (Fsp3) is 0.533. The minimum Gasteiger partial charge on any atom is -0.355 e. The smallest absolute Gasteiger partial charge is 0.221 e. The van der Waals surface area contributed by atoms with Gasteiger partial charge < -0.3 is 15.5 Å². The van der Waals surface area contributed by atoms with Gasteiger partial charge in [-0.15, -0.1) is 0 Å². The summed E-state index contributed by atoms with van der Waals surface area (Å²) in [6.07, 6.45) is 1.08. The Morgan fingerprint density at radius 1 is 1.20 bits per heavy atom. The molecule has 0 radical (unpaired) electrons. The Kier molecular flexibility index (Phi) is 7.84. The van der Waals surface area contributed by atoms with Crippen LogP contribution in [-0.2, 0) is 11.2 Å². The zero-order chi connectivity index (χ0) is 14.8. The van der Waals surface area contributed by atoms with Gasteiger partial charge in [-0.3, -0.25) is 4.79 Å². The standard InChI is InChI=1S/C15H24FN3O/c1-19(2)12-11-18-15(20)8-10-17-9-7-13-5-3-4-6-14(13)16/h3-6,17H,7-12H2,1-2H3,(H,18,20). The number of benzene rings is 1. The van der Waals surface area contributed by atoms with E-state index in [-0.39, 0.29) is 11.7 Å². The molecular formula is C15H24FN3O. The molecule has 0 heterocycles. The van der Waals surface area contributed by atoms with Crippen molar-refractivity contribution in [1.82, 2.24) is 15.5 Å². The molecule has 4 nitrogen and oxygen atoms in total. The van der Waals surface area contributed by atoms with E-state index >= 15 is 0 Å². The Morgan fingerprint density at radius 2 is 1.95 bits per heavy atom. The van der Waals surface area contributed by atoms with E-state index in [1.807, 2.05) is 25.1 Å². The van der Waals surface area contributed by atoms with Crippen LogP contribution >= 0.6 is 0 Å². The fourth-order valence-electron chi connectivity index (χ4n) is 1.76. The molecule has 1 amide bonds. The van der Waals surface area contributed by atoms with Crippen LogP contribution < -0.4 is 10.6 Å². The summed E-state index contributed by atoms with van der Waals surface area (Å²) in [4.78, 5) is 13.5. The van der Waals surface area contributed by atoms with E-state index in [0.717, 1.165) is 6.54 Å². The number of rotatable bonds is 9. The highest BCUT2D eigenvalue weighted by molar-refractivity contribution is 5.76. The van der Waals surface area contributed by atoms with Crippen molar-refractivity contribution in [2.24, 2.45) is 0 Å². The Hall–Kier alpha value is -1.46. The topological polar surface area (TPSA) is 44.4 Å². The molecule has 0 unspecified atom stereocenters. The van der Waals surface area contributed by atoms with Crippen LogP contribution in [0.15, 0.2) is 24.3 Å². The lowest BCUT2D eigenvalue weighted by Gasteiger charge is -2.10. The maximum atomic E-state index is 13.3. The van der Waals surface area contributed by atoms with Gasteiger partial charge >= 0.3 is 0 Å². The third-order valence-corrected chi connectivity index (χ3v) is 2.94. The molecule has 0 spiro atoms. The minimum absolute atomic E-state index is 0.0465. The lowest BCUT2D eigenvalue weighted by molar-refractivity contribution is -0.121. The summed E-state index contributed by atoms with van der Waals surface area (Å²) in [7, 11) is 3.94. The maximum absolute atomic E-state index is 13.3. The quantitative estimate of drug-likeness (QED) is 0.664. The molecule has 0 saturated heterocycles. The van der Waals surface area contributed by atoms with Crippen molar-refractivity contribution in [3.8, 4) is 0 Å². The predicted octanol–water partition coefficient (Wildman–Crippen LogP) is 1.03. The van der Waals surface area contributed by atoms with Crippen molar-refractivity contribution >= 4 is 5.91 Å². The van der Waals surface area contributed by atoms with E-state index in [4.69, 9.17) is 0 Å². The third kappa shape index (κ3) is 7.21. The van der Waals surface area contributed by atoms with E-state index < -0.39 is 0 Å². The van der Waals surface area contributed by atoms with E-state index in [1.54, 1.807) is 12.1 Å². The summed E-state index contributed by atoms with van der Waals surface area (Å²) >= 11 is 0. The van der Waals surface area contributed by atoms with E-state index in [0.29, 0.717) is 38.0 Å². The Morgan fingerprint density at radius 3 is 2.65 bits per heavy atom. The fourth-order valence-corrected chi connectivity index (χ4v) is 1.76.